The van der Waals surface area contributed by atoms with E-state index in [2.05, 4.69) is 37.5 Å². The third kappa shape index (κ3) is 3.53. The molecule has 3 nitrogen and oxygen atoms in total. The molecule has 2 heterocycles. The predicted octanol–water partition coefficient (Wildman–Crippen LogP) is 4.00. The van der Waals surface area contributed by atoms with E-state index in [0.29, 0.717) is 6.04 Å². The summed E-state index contributed by atoms with van der Waals surface area (Å²) >= 11 is 9.93. The molecule has 108 valence electrons. The van der Waals surface area contributed by atoms with Crippen molar-refractivity contribution in [3.63, 3.8) is 0 Å². The lowest BCUT2D eigenvalue weighted by Gasteiger charge is -2.24. The topological polar surface area (TPSA) is 21.1 Å². The molecule has 1 aromatic rings. The molecule has 1 saturated heterocycles. The highest BCUT2D eigenvalue weighted by Gasteiger charge is 2.26. The highest BCUT2D eigenvalue weighted by atomic mass is 79.9. The molecular weight excluding hydrogens is 326 g/mol. The number of aromatic nitrogens is 2. The van der Waals surface area contributed by atoms with Gasteiger partial charge in [-0.25, -0.2) is 0 Å². The zero-order chi connectivity index (χ0) is 13.8. The minimum atomic E-state index is 0.717. The van der Waals surface area contributed by atoms with Gasteiger partial charge in [-0.1, -0.05) is 27.5 Å². The second-order valence-electron chi connectivity index (χ2n) is 5.26. The minimum Gasteiger partial charge on any atom is -0.295 e. The highest BCUT2D eigenvalue weighted by molar-refractivity contribution is 9.09. The summed E-state index contributed by atoms with van der Waals surface area (Å²) in [6.45, 7) is 7.14. The van der Waals surface area contributed by atoms with Gasteiger partial charge >= 0.3 is 0 Å². The summed E-state index contributed by atoms with van der Waals surface area (Å²) in [5, 5.41) is 6.46. The van der Waals surface area contributed by atoms with Gasteiger partial charge in [-0.2, -0.15) is 5.10 Å². The first kappa shape index (κ1) is 15.3. The quantitative estimate of drug-likeness (QED) is 0.724. The van der Waals surface area contributed by atoms with Crippen molar-refractivity contribution in [3.05, 3.63) is 16.4 Å². The third-order valence-corrected chi connectivity index (χ3v) is 5.03. The molecule has 0 spiro atoms. The Morgan fingerprint density at radius 2 is 2.26 bits per heavy atom. The molecule has 1 aliphatic heterocycles. The lowest BCUT2D eigenvalue weighted by atomic mass is 10.1. The van der Waals surface area contributed by atoms with Crippen LogP contribution >= 0.6 is 27.5 Å². The Hall–Kier alpha value is -0.0600. The Labute approximate surface area is 129 Å². The molecule has 1 atom stereocenters. The van der Waals surface area contributed by atoms with Gasteiger partial charge in [-0.15, -0.1) is 0 Å². The maximum absolute atomic E-state index is 6.41. The summed E-state index contributed by atoms with van der Waals surface area (Å²) < 4.78 is 2.05. The SMILES string of the molecule is CCn1nc(C)c(Cl)c1CN1CCCC1CCCBr. The van der Waals surface area contributed by atoms with Gasteiger partial charge in [-0.3, -0.25) is 9.58 Å². The molecule has 19 heavy (non-hydrogen) atoms. The van der Waals surface area contributed by atoms with Crippen LogP contribution in [0.15, 0.2) is 0 Å². The van der Waals surface area contributed by atoms with Gasteiger partial charge in [0.2, 0.25) is 0 Å². The van der Waals surface area contributed by atoms with Gasteiger partial charge in [0.1, 0.15) is 0 Å². The number of rotatable bonds is 6. The second kappa shape index (κ2) is 7.09. The largest absolute Gasteiger partial charge is 0.295 e. The Morgan fingerprint density at radius 1 is 1.47 bits per heavy atom. The fraction of sp³-hybridized carbons (Fsp3) is 0.786. The van der Waals surface area contributed by atoms with Crippen LogP contribution < -0.4 is 0 Å². The van der Waals surface area contributed by atoms with Crippen molar-refractivity contribution < 1.29 is 0 Å². The van der Waals surface area contributed by atoms with E-state index in [1.54, 1.807) is 0 Å². The van der Waals surface area contributed by atoms with E-state index >= 15 is 0 Å². The molecule has 1 aromatic heterocycles. The van der Waals surface area contributed by atoms with Crippen LogP contribution in [0.5, 0.6) is 0 Å². The lowest BCUT2D eigenvalue weighted by Crippen LogP contribution is -2.30. The molecule has 2 rings (SSSR count). The summed E-state index contributed by atoms with van der Waals surface area (Å²) in [6, 6.07) is 0.717. The molecule has 1 unspecified atom stereocenters. The number of halogens is 2. The van der Waals surface area contributed by atoms with E-state index in [1.807, 2.05) is 6.92 Å². The number of hydrogen-bond donors (Lipinski definition) is 0. The summed E-state index contributed by atoms with van der Waals surface area (Å²) in [4.78, 5) is 2.58. The molecule has 0 saturated carbocycles. The number of likely N-dealkylation sites (tertiary alicyclic amines) is 1. The van der Waals surface area contributed by atoms with E-state index in [9.17, 15) is 0 Å². The molecule has 1 fully saturated rings. The Kier molecular flexibility index (Phi) is 5.72. The highest BCUT2D eigenvalue weighted by Crippen LogP contribution is 2.27. The Balaban J connectivity index is 2.07. The second-order valence-corrected chi connectivity index (χ2v) is 6.43. The van der Waals surface area contributed by atoms with E-state index in [1.165, 1.54) is 37.9 Å². The summed E-state index contributed by atoms with van der Waals surface area (Å²) in [5.41, 5.74) is 2.14. The maximum Gasteiger partial charge on any atom is 0.0860 e. The summed E-state index contributed by atoms with van der Waals surface area (Å²) in [7, 11) is 0. The summed E-state index contributed by atoms with van der Waals surface area (Å²) in [5.74, 6) is 0. The van der Waals surface area contributed by atoms with E-state index in [4.69, 9.17) is 11.6 Å². The van der Waals surface area contributed by atoms with Crippen LogP contribution in [0, 0.1) is 6.92 Å². The molecule has 0 aromatic carbocycles. The standard InChI is InChI=1S/C14H23BrClN3/c1-3-19-13(14(16)11(2)17-19)10-18-9-5-7-12(18)6-4-8-15/h12H,3-10H2,1-2H3. The molecule has 5 heteroatoms. The smallest absolute Gasteiger partial charge is 0.0860 e. The molecule has 0 radical (unpaired) electrons. The monoisotopic (exact) mass is 347 g/mol. The van der Waals surface area contributed by atoms with Crippen molar-refractivity contribution in [2.45, 2.75) is 58.7 Å². The van der Waals surface area contributed by atoms with Crippen molar-refractivity contribution in [3.8, 4) is 0 Å². The van der Waals surface area contributed by atoms with Crippen LogP contribution in [0.2, 0.25) is 5.02 Å². The van der Waals surface area contributed by atoms with Gasteiger partial charge < -0.3 is 0 Å². The van der Waals surface area contributed by atoms with Gasteiger partial charge in [0.05, 0.1) is 16.4 Å². The van der Waals surface area contributed by atoms with Crippen molar-refractivity contribution in [2.75, 3.05) is 11.9 Å². The normalized spacial score (nSPS) is 20.3. The van der Waals surface area contributed by atoms with Crippen LogP contribution in [-0.4, -0.2) is 32.6 Å². The van der Waals surface area contributed by atoms with Gasteiger partial charge in [0.15, 0.2) is 0 Å². The van der Waals surface area contributed by atoms with Gasteiger partial charge in [-0.05, 0) is 46.1 Å². The Bertz CT molecular complexity index is 419. The predicted molar refractivity (Wildman–Crippen MR) is 84.1 cm³/mol. The number of hydrogen-bond acceptors (Lipinski definition) is 2. The Morgan fingerprint density at radius 3 is 2.95 bits per heavy atom. The van der Waals surface area contributed by atoms with Crippen molar-refractivity contribution in [1.29, 1.82) is 0 Å². The van der Waals surface area contributed by atoms with Gasteiger partial charge in [0.25, 0.3) is 0 Å². The van der Waals surface area contributed by atoms with E-state index < -0.39 is 0 Å². The van der Waals surface area contributed by atoms with Crippen LogP contribution in [0.25, 0.3) is 0 Å². The average Bonchev–Trinajstić information content (AvgIpc) is 2.96. The molecule has 1 aliphatic rings. The lowest BCUT2D eigenvalue weighted by molar-refractivity contribution is 0.227. The van der Waals surface area contributed by atoms with Crippen LogP contribution in [0.4, 0.5) is 0 Å². The van der Waals surface area contributed by atoms with Crippen molar-refractivity contribution in [1.82, 2.24) is 14.7 Å². The first-order chi connectivity index (χ1) is 9.17. The van der Waals surface area contributed by atoms with Gasteiger partial charge in [0, 0.05) is 24.5 Å². The average molecular weight is 349 g/mol. The zero-order valence-electron chi connectivity index (χ0n) is 11.8. The molecule has 0 bridgehead atoms. The molecular formula is C14H23BrClN3. The van der Waals surface area contributed by atoms with Crippen LogP contribution in [-0.2, 0) is 13.1 Å². The minimum absolute atomic E-state index is 0.717. The third-order valence-electron chi connectivity index (χ3n) is 3.98. The zero-order valence-corrected chi connectivity index (χ0v) is 14.2. The fourth-order valence-electron chi connectivity index (χ4n) is 2.96. The fourth-order valence-corrected chi connectivity index (χ4v) is 3.47. The number of alkyl halides is 1. The van der Waals surface area contributed by atoms with Crippen LogP contribution in [0.3, 0.4) is 0 Å². The van der Waals surface area contributed by atoms with Crippen LogP contribution in [0.1, 0.15) is 44.0 Å². The molecule has 0 amide bonds. The first-order valence-corrected chi connectivity index (χ1v) is 8.69. The number of aryl methyl sites for hydroxylation is 2. The van der Waals surface area contributed by atoms with E-state index in [0.717, 1.165) is 29.1 Å². The summed E-state index contributed by atoms with van der Waals surface area (Å²) in [6.07, 6.45) is 5.16. The van der Waals surface area contributed by atoms with Crippen molar-refractivity contribution in [2.24, 2.45) is 0 Å². The number of nitrogens with zero attached hydrogens (tertiary/aromatic N) is 3. The molecule has 0 N–H and O–H groups in total. The first-order valence-electron chi connectivity index (χ1n) is 7.19. The maximum atomic E-state index is 6.41. The van der Waals surface area contributed by atoms with Crippen molar-refractivity contribution >= 4 is 27.5 Å². The molecule has 0 aliphatic carbocycles. The van der Waals surface area contributed by atoms with E-state index in [-0.39, 0.29) is 0 Å².